The number of nitro benzene ring substituents is 1. The number of thioether (sulfide) groups is 1. The number of hydrogen-bond acceptors (Lipinski definition) is 6. The van der Waals surface area contributed by atoms with Crippen LogP contribution < -0.4 is 10.8 Å². The van der Waals surface area contributed by atoms with Crippen LogP contribution in [0.15, 0.2) is 28.1 Å². The second kappa shape index (κ2) is 4.49. The number of hydrogen-bond donors (Lipinski definition) is 1. The Morgan fingerprint density at radius 3 is 2.72 bits per heavy atom. The second-order valence-corrected chi connectivity index (χ2v) is 4.41. The SMILES string of the molecule is NC1=NC(=O)/C(=C\c2cc([N+](=O)[O-])ccc2[O-])S1. The number of benzene rings is 1. The van der Waals surface area contributed by atoms with Crippen molar-refractivity contribution in [2.75, 3.05) is 0 Å². The molecule has 0 aromatic heterocycles. The molecule has 0 unspecified atom stereocenters. The summed E-state index contributed by atoms with van der Waals surface area (Å²) in [7, 11) is 0. The van der Waals surface area contributed by atoms with Crippen LogP contribution in [0.1, 0.15) is 5.56 Å². The molecular formula is C10H6N3O4S-. The minimum Gasteiger partial charge on any atom is -0.872 e. The van der Waals surface area contributed by atoms with Gasteiger partial charge in [0.1, 0.15) is 0 Å². The summed E-state index contributed by atoms with van der Waals surface area (Å²) in [6.45, 7) is 0. The summed E-state index contributed by atoms with van der Waals surface area (Å²) in [4.78, 5) is 24.9. The zero-order chi connectivity index (χ0) is 13.3. The third-order valence-corrected chi connectivity index (χ3v) is 2.94. The van der Waals surface area contributed by atoms with E-state index in [0.717, 1.165) is 30.0 Å². The summed E-state index contributed by atoms with van der Waals surface area (Å²) >= 11 is 0.922. The van der Waals surface area contributed by atoms with Crippen LogP contribution in [-0.4, -0.2) is 16.0 Å². The number of carbonyl (C=O) groups excluding carboxylic acids is 1. The predicted octanol–water partition coefficient (Wildman–Crippen LogP) is 0.597. The largest absolute Gasteiger partial charge is 0.872 e. The van der Waals surface area contributed by atoms with Crippen molar-refractivity contribution in [1.29, 1.82) is 0 Å². The van der Waals surface area contributed by atoms with E-state index in [1.807, 2.05) is 0 Å². The van der Waals surface area contributed by atoms with Crippen molar-refractivity contribution in [3.8, 4) is 5.75 Å². The highest BCUT2D eigenvalue weighted by molar-refractivity contribution is 8.18. The van der Waals surface area contributed by atoms with Crippen LogP contribution >= 0.6 is 11.8 Å². The molecule has 7 nitrogen and oxygen atoms in total. The smallest absolute Gasteiger partial charge is 0.286 e. The lowest BCUT2D eigenvalue weighted by Gasteiger charge is -2.09. The molecule has 2 N–H and O–H groups in total. The van der Waals surface area contributed by atoms with Gasteiger partial charge in [-0.3, -0.25) is 14.9 Å². The minimum absolute atomic E-state index is 0.0601. The summed E-state index contributed by atoms with van der Waals surface area (Å²) < 4.78 is 0. The molecule has 0 atom stereocenters. The van der Waals surface area contributed by atoms with Crippen molar-refractivity contribution in [3.63, 3.8) is 0 Å². The Morgan fingerprint density at radius 2 is 2.17 bits per heavy atom. The molecule has 1 aromatic rings. The fourth-order valence-electron chi connectivity index (χ4n) is 1.33. The maximum absolute atomic E-state index is 11.5. The Morgan fingerprint density at radius 1 is 1.44 bits per heavy atom. The van der Waals surface area contributed by atoms with Gasteiger partial charge in [-0.2, -0.15) is 4.99 Å². The van der Waals surface area contributed by atoms with Gasteiger partial charge in [-0.25, -0.2) is 0 Å². The van der Waals surface area contributed by atoms with Crippen molar-refractivity contribution in [1.82, 2.24) is 0 Å². The normalized spacial score (nSPS) is 17.0. The van der Waals surface area contributed by atoms with E-state index in [1.165, 1.54) is 6.08 Å². The monoisotopic (exact) mass is 264 g/mol. The average molecular weight is 264 g/mol. The van der Waals surface area contributed by atoms with E-state index in [-0.39, 0.29) is 21.3 Å². The first-order valence-electron chi connectivity index (χ1n) is 4.71. The first-order valence-corrected chi connectivity index (χ1v) is 5.52. The van der Waals surface area contributed by atoms with E-state index >= 15 is 0 Å². The van der Waals surface area contributed by atoms with Crippen LogP contribution in [0, 0.1) is 10.1 Å². The number of amidine groups is 1. The van der Waals surface area contributed by atoms with Gasteiger partial charge in [0.2, 0.25) is 0 Å². The molecule has 1 heterocycles. The average Bonchev–Trinajstić information content (AvgIpc) is 2.60. The van der Waals surface area contributed by atoms with Gasteiger partial charge in [-0.05, 0) is 23.4 Å². The molecule has 0 bridgehead atoms. The molecule has 8 heteroatoms. The number of nitrogens with zero attached hydrogens (tertiary/aromatic N) is 2. The van der Waals surface area contributed by atoms with Crippen LogP contribution in [-0.2, 0) is 4.79 Å². The Bertz CT molecular complexity index is 609. The van der Waals surface area contributed by atoms with Crippen LogP contribution in [0.2, 0.25) is 0 Å². The van der Waals surface area contributed by atoms with Gasteiger partial charge in [-0.1, -0.05) is 6.07 Å². The summed E-state index contributed by atoms with van der Waals surface area (Å²) in [6.07, 6.45) is 1.26. The third-order valence-electron chi connectivity index (χ3n) is 2.13. The number of aliphatic imine (C=N–C) groups is 1. The molecule has 0 saturated carbocycles. The van der Waals surface area contributed by atoms with Crippen LogP contribution in [0.25, 0.3) is 6.08 Å². The van der Waals surface area contributed by atoms with Crippen molar-refractivity contribution in [3.05, 3.63) is 38.8 Å². The number of nitro groups is 1. The molecule has 0 radical (unpaired) electrons. The zero-order valence-electron chi connectivity index (χ0n) is 8.82. The van der Waals surface area contributed by atoms with Gasteiger partial charge in [0.15, 0.2) is 5.17 Å². The van der Waals surface area contributed by atoms with Crippen molar-refractivity contribution in [2.24, 2.45) is 10.7 Å². The highest BCUT2D eigenvalue weighted by atomic mass is 32.2. The minimum atomic E-state index is -0.615. The lowest BCUT2D eigenvalue weighted by Crippen LogP contribution is -2.01. The number of non-ortho nitro benzene ring substituents is 1. The fourth-order valence-corrected chi connectivity index (χ4v) is 2.00. The molecule has 18 heavy (non-hydrogen) atoms. The molecule has 0 spiro atoms. The van der Waals surface area contributed by atoms with Gasteiger partial charge in [0.25, 0.3) is 11.6 Å². The van der Waals surface area contributed by atoms with Gasteiger partial charge in [-0.15, -0.1) is 5.75 Å². The van der Waals surface area contributed by atoms with Crippen LogP contribution in [0.5, 0.6) is 5.75 Å². The molecule has 1 amide bonds. The lowest BCUT2D eigenvalue weighted by atomic mass is 10.1. The quantitative estimate of drug-likeness (QED) is 0.474. The Labute approximate surface area is 105 Å². The molecule has 2 rings (SSSR count). The van der Waals surface area contributed by atoms with Gasteiger partial charge < -0.3 is 10.8 Å². The predicted molar refractivity (Wildman–Crippen MR) is 64.7 cm³/mol. The highest BCUT2D eigenvalue weighted by Gasteiger charge is 2.19. The molecule has 92 valence electrons. The van der Waals surface area contributed by atoms with E-state index in [2.05, 4.69) is 4.99 Å². The number of amides is 1. The molecule has 1 aliphatic rings. The number of nitrogens with two attached hydrogens (primary N) is 1. The summed E-state index contributed by atoms with van der Waals surface area (Å²) in [5, 5.41) is 22.2. The van der Waals surface area contributed by atoms with E-state index in [4.69, 9.17) is 5.73 Å². The van der Waals surface area contributed by atoms with Crippen LogP contribution in [0.4, 0.5) is 5.69 Å². The fraction of sp³-hybridized carbons (Fsp3) is 0. The van der Waals surface area contributed by atoms with Crippen molar-refractivity contribution >= 4 is 34.6 Å². The van der Waals surface area contributed by atoms with Crippen molar-refractivity contribution < 1.29 is 14.8 Å². The van der Waals surface area contributed by atoms with Gasteiger partial charge in [0.05, 0.1) is 9.83 Å². The first kappa shape index (κ1) is 12.1. The first-order chi connectivity index (χ1) is 8.47. The Kier molecular flexibility index (Phi) is 3.02. The standard InChI is InChI=1S/C10H7N3O4S/c11-10-12-9(15)8(18-10)4-5-3-6(13(16)17)1-2-7(5)14/h1-4,14H,(H2,11,12,15)/p-1/b8-4+. The van der Waals surface area contributed by atoms with Crippen LogP contribution in [0.3, 0.4) is 0 Å². The Hall–Kier alpha value is -2.35. The zero-order valence-corrected chi connectivity index (χ0v) is 9.64. The Balaban J connectivity index is 2.40. The van der Waals surface area contributed by atoms with Crippen molar-refractivity contribution in [2.45, 2.75) is 0 Å². The van der Waals surface area contributed by atoms with Gasteiger partial charge >= 0.3 is 0 Å². The maximum Gasteiger partial charge on any atom is 0.286 e. The highest BCUT2D eigenvalue weighted by Crippen LogP contribution is 2.30. The van der Waals surface area contributed by atoms with Gasteiger partial charge in [0, 0.05) is 12.1 Å². The number of carbonyl (C=O) groups is 1. The summed E-state index contributed by atoms with van der Waals surface area (Å²) in [6, 6.07) is 3.30. The molecule has 0 aliphatic carbocycles. The molecule has 1 aromatic carbocycles. The third kappa shape index (κ3) is 2.33. The lowest BCUT2D eigenvalue weighted by molar-refractivity contribution is -0.385. The second-order valence-electron chi connectivity index (χ2n) is 3.35. The summed E-state index contributed by atoms with van der Waals surface area (Å²) in [5.74, 6) is -0.963. The van der Waals surface area contributed by atoms with E-state index < -0.39 is 16.6 Å². The molecule has 1 aliphatic heterocycles. The number of rotatable bonds is 2. The molecule has 0 fully saturated rings. The molecular weight excluding hydrogens is 258 g/mol. The maximum atomic E-state index is 11.5. The molecule has 0 saturated heterocycles. The van der Waals surface area contributed by atoms with E-state index in [1.54, 1.807) is 0 Å². The van der Waals surface area contributed by atoms with E-state index in [9.17, 15) is 20.0 Å². The summed E-state index contributed by atoms with van der Waals surface area (Å²) in [5.41, 5.74) is 5.19. The topological polar surface area (TPSA) is 122 Å². The van der Waals surface area contributed by atoms with E-state index in [0.29, 0.717) is 0 Å².